The molecular weight excluding hydrogens is 339 g/mol. The van der Waals surface area contributed by atoms with Gasteiger partial charge in [0.15, 0.2) is 5.96 Å². The van der Waals surface area contributed by atoms with Crippen LogP contribution < -0.4 is 0 Å². The van der Waals surface area contributed by atoms with Gasteiger partial charge in [-0.3, -0.25) is 9.98 Å². The van der Waals surface area contributed by atoms with Gasteiger partial charge in [0.2, 0.25) is 0 Å². The van der Waals surface area contributed by atoms with Crippen molar-refractivity contribution < 1.29 is 0 Å². The van der Waals surface area contributed by atoms with E-state index in [0.717, 1.165) is 24.6 Å². The number of nitrogens with zero attached hydrogens (tertiary/aromatic N) is 4. The third-order valence-corrected chi connectivity index (χ3v) is 2.43. The van der Waals surface area contributed by atoms with Crippen molar-refractivity contribution in [2.45, 2.75) is 13.3 Å². The lowest BCUT2D eigenvalue weighted by Crippen LogP contribution is -2.35. The van der Waals surface area contributed by atoms with Crippen LogP contribution in [0.25, 0.3) is 0 Å². The van der Waals surface area contributed by atoms with Crippen LogP contribution in [0.4, 0.5) is 0 Å². The van der Waals surface area contributed by atoms with Crippen molar-refractivity contribution in [3.05, 3.63) is 29.6 Å². The normalized spacial score (nSPS) is 9.39. The lowest BCUT2D eigenvalue weighted by Gasteiger charge is -2.22. The third kappa shape index (κ3) is 5.66. The van der Waals surface area contributed by atoms with E-state index in [2.05, 4.69) is 16.0 Å². The standard InChI is InChI=1S/C13H22N4.HI/c1-11-6-7-12(10-15-11)8-9-14-13(16(2)3)17(4)5;/h6-7,10H,8-9H2,1-5H3;1H. The zero-order valence-electron chi connectivity index (χ0n) is 11.8. The smallest absolute Gasteiger partial charge is 0.195 e. The fourth-order valence-electron chi connectivity index (χ4n) is 1.61. The summed E-state index contributed by atoms with van der Waals surface area (Å²) in [4.78, 5) is 12.9. The molecule has 0 aliphatic rings. The number of guanidine groups is 1. The van der Waals surface area contributed by atoms with E-state index in [9.17, 15) is 0 Å². The SMILES string of the molecule is Cc1ccc(CCN=C(N(C)C)N(C)C)cn1.I. The van der Waals surface area contributed by atoms with E-state index in [4.69, 9.17) is 0 Å². The van der Waals surface area contributed by atoms with E-state index in [0.29, 0.717) is 0 Å². The molecule has 1 aromatic heterocycles. The first-order chi connectivity index (χ1) is 8.00. The van der Waals surface area contributed by atoms with Crippen LogP contribution in [-0.2, 0) is 6.42 Å². The summed E-state index contributed by atoms with van der Waals surface area (Å²) in [7, 11) is 8.02. The summed E-state index contributed by atoms with van der Waals surface area (Å²) in [5.74, 6) is 0.991. The predicted molar refractivity (Wildman–Crippen MR) is 87.8 cm³/mol. The Labute approximate surface area is 127 Å². The van der Waals surface area contributed by atoms with E-state index in [1.165, 1.54) is 5.56 Å². The number of aromatic nitrogens is 1. The van der Waals surface area contributed by atoms with Crippen LogP contribution >= 0.6 is 24.0 Å². The minimum atomic E-state index is 0. The quantitative estimate of drug-likeness (QED) is 0.469. The third-order valence-electron chi connectivity index (χ3n) is 2.43. The second kappa shape index (κ2) is 8.29. The van der Waals surface area contributed by atoms with Crippen molar-refractivity contribution in [1.29, 1.82) is 0 Å². The summed E-state index contributed by atoms with van der Waals surface area (Å²) >= 11 is 0. The highest BCUT2D eigenvalue weighted by atomic mass is 127. The lowest BCUT2D eigenvalue weighted by molar-refractivity contribution is 0.479. The van der Waals surface area contributed by atoms with Crippen molar-refractivity contribution >= 4 is 29.9 Å². The summed E-state index contributed by atoms with van der Waals surface area (Å²) in [5.41, 5.74) is 2.29. The maximum atomic E-state index is 4.58. The maximum Gasteiger partial charge on any atom is 0.195 e. The molecule has 0 spiro atoms. The van der Waals surface area contributed by atoms with Gasteiger partial charge in [0.1, 0.15) is 0 Å². The van der Waals surface area contributed by atoms with Crippen molar-refractivity contribution in [3.8, 4) is 0 Å². The first-order valence-electron chi connectivity index (χ1n) is 5.81. The number of aliphatic imine (C=N–C) groups is 1. The summed E-state index contributed by atoms with van der Waals surface area (Å²) in [6.45, 7) is 2.79. The van der Waals surface area contributed by atoms with E-state index in [1.807, 2.05) is 57.2 Å². The fraction of sp³-hybridized carbons (Fsp3) is 0.538. The molecule has 1 aromatic rings. The molecule has 1 heterocycles. The van der Waals surface area contributed by atoms with Gasteiger partial charge < -0.3 is 9.80 Å². The Morgan fingerprint density at radius 2 is 1.78 bits per heavy atom. The summed E-state index contributed by atoms with van der Waals surface area (Å²) in [6.07, 6.45) is 2.86. The second-order valence-electron chi connectivity index (χ2n) is 4.53. The maximum absolute atomic E-state index is 4.58. The topological polar surface area (TPSA) is 31.7 Å². The number of hydrogen-bond donors (Lipinski definition) is 0. The molecule has 0 bridgehead atoms. The van der Waals surface area contributed by atoms with E-state index >= 15 is 0 Å². The second-order valence-corrected chi connectivity index (χ2v) is 4.53. The summed E-state index contributed by atoms with van der Waals surface area (Å²) in [5, 5.41) is 0. The zero-order chi connectivity index (χ0) is 12.8. The molecule has 0 radical (unpaired) electrons. The Bertz CT molecular complexity index is 361. The van der Waals surface area contributed by atoms with Crippen LogP contribution in [0.3, 0.4) is 0 Å². The van der Waals surface area contributed by atoms with Crippen LogP contribution in [0, 0.1) is 6.92 Å². The molecule has 5 heteroatoms. The Kier molecular flexibility index (Phi) is 7.90. The molecule has 102 valence electrons. The van der Waals surface area contributed by atoms with Crippen molar-refractivity contribution in [1.82, 2.24) is 14.8 Å². The molecule has 0 saturated carbocycles. The van der Waals surface area contributed by atoms with Crippen LogP contribution in [0.1, 0.15) is 11.3 Å². The number of aryl methyl sites for hydroxylation is 1. The molecule has 18 heavy (non-hydrogen) atoms. The van der Waals surface area contributed by atoms with Crippen LogP contribution in [-0.4, -0.2) is 55.5 Å². The monoisotopic (exact) mass is 362 g/mol. The van der Waals surface area contributed by atoms with Crippen LogP contribution in [0.5, 0.6) is 0 Å². The van der Waals surface area contributed by atoms with Gasteiger partial charge in [0.25, 0.3) is 0 Å². The van der Waals surface area contributed by atoms with E-state index in [-0.39, 0.29) is 24.0 Å². The summed E-state index contributed by atoms with van der Waals surface area (Å²) in [6, 6.07) is 4.15. The number of hydrogen-bond acceptors (Lipinski definition) is 2. The molecule has 0 fully saturated rings. The average Bonchev–Trinajstić information content (AvgIpc) is 2.25. The van der Waals surface area contributed by atoms with Gasteiger partial charge in [-0.05, 0) is 25.0 Å². The Balaban J connectivity index is 0.00000289. The van der Waals surface area contributed by atoms with Crippen molar-refractivity contribution in [2.24, 2.45) is 4.99 Å². The minimum Gasteiger partial charge on any atom is -0.349 e. The molecule has 0 atom stereocenters. The predicted octanol–water partition coefficient (Wildman–Crippen LogP) is 2.03. The molecule has 0 aliphatic heterocycles. The van der Waals surface area contributed by atoms with Crippen LogP contribution in [0.2, 0.25) is 0 Å². The molecule has 0 saturated heterocycles. The Hall–Kier alpha value is -0.850. The van der Waals surface area contributed by atoms with Gasteiger partial charge in [-0.15, -0.1) is 24.0 Å². The molecular formula is C13H23IN4. The van der Waals surface area contributed by atoms with Crippen LogP contribution in [0.15, 0.2) is 23.3 Å². The molecule has 0 aliphatic carbocycles. The van der Waals surface area contributed by atoms with E-state index in [1.54, 1.807) is 0 Å². The zero-order valence-corrected chi connectivity index (χ0v) is 14.2. The molecule has 0 aromatic carbocycles. The molecule has 0 amide bonds. The average molecular weight is 362 g/mol. The fourth-order valence-corrected chi connectivity index (χ4v) is 1.61. The van der Waals surface area contributed by atoms with Gasteiger partial charge in [-0.2, -0.15) is 0 Å². The first kappa shape index (κ1) is 17.2. The van der Waals surface area contributed by atoms with Gasteiger partial charge in [-0.1, -0.05) is 6.07 Å². The van der Waals surface area contributed by atoms with Gasteiger partial charge >= 0.3 is 0 Å². The minimum absolute atomic E-state index is 0. The highest BCUT2D eigenvalue weighted by Crippen LogP contribution is 2.01. The molecule has 0 N–H and O–H groups in total. The molecule has 4 nitrogen and oxygen atoms in total. The molecule has 0 unspecified atom stereocenters. The van der Waals surface area contributed by atoms with E-state index < -0.39 is 0 Å². The highest BCUT2D eigenvalue weighted by Gasteiger charge is 2.03. The Morgan fingerprint density at radius 3 is 2.22 bits per heavy atom. The first-order valence-corrected chi connectivity index (χ1v) is 5.81. The lowest BCUT2D eigenvalue weighted by atomic mass is 10.2. The Morgan fingerprint density at radius 1 is 1.17 bits per heavy atom. The number of pyridine rings is 1. The van der Waals surface area contributed by atoms with Crippen molar-refractivity contribution in [2.75, 3.05) is 34.7 Å². The highest BCUT2D eigenvalue weighted by molar-refractivity contribution is 14.0. The van der Waals surface area contributed by atoms with Gasteiger partial charge in [0.05, 0.1) is 0 Å². The van der Waals surface area contributed by atoms with Gasteiger partial charge in [-0.25, -0.2) is 0 Å². The van der Waals surface area contributed by atoms with Crippen molar-refractivity contribution in [3.63, 3.8) is 0 Å². The summed E-state index contributed by atoms with van der Waals surface area (Å²) < 4.78 is 0. The molecule has 1 rings (SSSR count). The largest absolute Gasteiger partial charge is 0.349 e. The number of rotatable bonds is 3. The number of halogens is 1. The van der Waals surface area contributed by atoms with Gasteiger partial charge in [0, 0.05) is 46.6 Å².